The summed E-state index contributed by atoms with van der Waals surface area (Å²) >= 11 is 0. The summed E-state index contributed by atoms with van der Waals surface area (Å²) in [5, 5.41) is 2.34. The number of hydrogen-bond acceptors (Lipinski definition) is 2. The summed E-state index contributed by atoms with van der Waals surface area (Å²) in [6.07, 6.45) is 0. The van der Waals surface area contributed by atoms with Crippen molar-refractivity contribution in [3.05, 3.63) is 62.9 Å². The van der Waals surface area contributed by atoms with Crippen molar-refractivity contribution in [1.29, 1.82) is 0 Å². The second-order valence-corrected chi connectivity index (χ2v) is 2.96. The third-order valence-corrected chi connectivity index (χ3v) is 1.90. The van der Waals surface area contributed by atoms with Gasteiger partial charge in [0.05, 0.1) is 5.69 Å². The fourth-order valence-corrected chi connectivity index (χ4v) is 1.21. The molecule has 0 fully saturated rings. The van der Waals surface area contributed by atoms with Crippen LogP contribution in [-0.2, 0) is 0 Å². The lowest BCUT2D eigenvalue weighted by molar-refractivity contribution is 0.626. The molecule has 0 radical (unpaired) electrons. The molecule has 0 unspecified atom stereocenters. The number of aromatic nitrogens is 2. The molecule has 0 saturated carbocycles. The van der Waals surface area contributed by atoms with Crippen LogP contribution in [0.25, 0.3) is 5.69 Å². The van der Waals surface area contributed by atoms with Crippen molar-refractivity contribution < 1.29 is 4.39 Å². The van der Waals surface area contributed by atoms with Gasteiger partial charge in [-0.15, -0.1) is 0 Å². The lowest BCUT2D eigenvalue weighted by Gasteiger charge is -2.03. The molecule has 0 bridgehead atoms. The van der Waals surface area contributed by atoms with Crippen LogP contribution in [0.4, 0.5) is 4.39 Å². The lowest BCUT2D eigenvalue weighted by Crippen LogP contribution is -2.26. The normalized spacial score (nSPS) is 10.2. The van der Waals surface area contributed by atoms with Gasteiger partial charge in [-0.2, -0.15) is 0 Å². The van der Waals surface area contributed by atoms with Crippen molar-refractivity contribution in [2.45, 2.75) is 0 Å². The molecule has 15 heavy (non-hydrogen) atoms. The second kappa shape index (κ2) is 3.53. The molecule has 2 rings (SSSR count). The molecule has 1 N–H and O–H groups in total. The van der Waals surface area contributed by atoms with Gasteiger partial charge >= 0.3 is 0 Å². The van der Waals surface area contributed by atoms with E-state index in [-0.39, 0.29) is 11.1 Å². The summed E-state index contributed by atoms with van der Waals surface area (Å²) in [6, 6.07) is 7.55. The zero-order valence-corrected chi connectivity index (χ0v) is 7.61. The minimum atomic E-state index is -0.398. The van der Waals surface area contributed by atoms with E-state index in [2.05, 4.69) is 5.10 Å². The first-order valence-electron chi connectivity index (χ1n) is 4.25. The smallest absolute Gasteiger partial charge is 0.268 e. The van der Waals surface area contributed by atoms with Gasteiger partial charge in [-0.3, -0.25) is 14.7 Å². The molecule has 1 aromatic carbocycles. The zero-order chi connectivity index (χ0) is 10.8. The van der Waals surface area contributed by atoms with Crippen molar-refractivity contribution in [3.63, 3.8) is 0 Å². The van der Waals surface area contributed by atoms with Gasteiger partial charge < -0.3 is 0 Å². The zero-order valence-electron chi connectivity index (χ0n) is 7.61. The van der Waals surface area contributed by atoms with E-state index < -0.39 is 5.82 Å². The second-order valence-electron chi connectivity index (χ2n) is 2.96. The predicted octanol–water partition coefficient (Wildman–Crippen LogP) is 0.665. The largest absolute Gasteiger partial charge is 0.269 e. The van der Waals surface area contributed by atoms with Gasteiger partial charge in [-0.1, -0.05) is 0 Å². The molecule has 76 valence electrons. The number of nitrogens with one attached hydrogen (secondary N) is 1. The van der Waals surface area contributed by atoms with Crippen molar-refractivity contribution >= 4 is 0 Å². The lowest BCUT2D eigenvalue weighted by atomic mass is 10.3. The van der Waals surface area contributed by atoms with Crippen LogP contribution in [0.3, 0.4) is 0 Å². The molecule has 1 aromatic heterocycles. The number of H-pyrrole nitrogens is 1. The van der Waals surface area contributed by atoms with Crippen LogP contribution in [0, 0.1) is 5.82 Å². The van der Waals surface area contributed by atoms with Gasteiger partial charge in [-0.25, -0.2) is 9.07 Å². The van der Waals surface area contributed by atoms with Crippen LogP contribution in [0.2, 0.25) is 0 Å². The van der Waals surface area contributed by atoms with E-state index in [1.807, 2.05) is 0 Å². The van der Waals surface area contributed by atoms with E-state index in [4.69, 9.17) is 0 Å². The maximum absolute atomic E-state index is 12.6. The standard InChI is InChI=1S/C10H7FN2O2/c11-7-1-3-8(4-2-7)13-10(15)6-5-9(14)12-13/h1-6H,(H,12,14). The third kappa shape index (κ3) is 1.85. The van der Waals surface area contributed by atoms with Gasteiger partial charge in [0, 0.05) is 12.1 Å². The van der Waals surface area contributed by atoms with E-state index in [1.165, 1.54) is 24.3 Å². The molecule has 4 nitrogen and oxygen atoms in total. The highest BCUT2D eigenvalue weighted by atomic mass is 19.1. The van der Waals surface area contributed by atoms with Gasteiger partial charge in [0.1, 0.15) is 5.82 Å². The van der Waals surface area contributed by atoms with E-state index in [0.29, 0.717) is 5.69 Å². The first kappa shape index (κ1) is 9.39. The van der Waals surface area contributed by atoms with Crippen LogP contribution < -0.4 is 11.1 Å². The van der Waals surface area contributed by atoms with Gasteiger partial charge in [0.25, 0.3) is 11.1 Å². The SMILES string of the molecule is O=c1ccc(=O)n(-c2ccc(F)cc2)[nH]1. The molecule has 1 heterocycles. The topological polar surface area (TPSA) is 54.9 Å². The maximum Gasteiger partial charge on any atom is 0.269 e. The molecule has 0 aliphatic rings. The highest BCUT2D eigenvalue weighted by Gasteiger charge is 1.99. The van der Waals surface area contributed by atoms with E-state index in [9.17, 15) is 14.0 Å². The number of aromatic amines is 1. The quantitative estimate of drug-likeness (QED) is 0.745. The molecule has 0 spiro atoms. The third-order valence-electron chi connectivity index (χ3n) is 1.90. The summed E-state index contributed by atoms with van der Waals surface area (Å²) in [6.45, 7) is 0. The van der Waals surface area contributed by atoms with E-state index in [1.54, 1.807) is 0 Å². The molecule has 0 atom stereocenters. The number of rotatable bonds is 1. The van der Waals surface area contributed by atoms with Crippen LogP contribution >= 0.6 is 0 Å². The Morgan fingerprint density at radius 1 is 1.00 bits per heavy atom. The molecule has 0 aliphatic carbocycles. The summed E-state index contributed by atoms with van der Waals surface area (Å²) < 4.78 is 13.7. The molecule has 0 saturated heterocycles. The highest BCUT2D eigenvalue weighted by molar-refractivity contribution is 5.30. The fraction of sp³-hybridized carbons (Fsp3) is 0. The van der Waals surface area contributed by atoms with Gasteiger partial charge in [-0.05, 0) is 24.3 Å². The summed E-state index contributed by atoms with van der Waals surface area (Å²) in [4.78, 5) is 22.3. The number of hydrogen-bond donors (Lipinski definition) is 1. The molecule has 5 heteroatoms. The average Bonchev–Trinajstić information content (AvgIpc) is 2.23. The van der Waals surface area contributed by atoms with Crippen LogP contribution in [0.1, 0.15) is 0 Å². The Hall–Kier alpha value is -2.17. The predicted molar refractivity (Wildman–Crippen MR) is 52.6 cm³/mol. The summed E-state index contributed by atoms with van der Waals surface area (Å²) in [7, 11) is 0. The van der Waals surface area contributed by atoms with Crippen molar-refractivity contribution in [2.24, 2.45) is 0 Å². The Morgan fingerprint density at radius 2 is 1.67 bits per heavy atom. The fourth-order valence-electron chi connectivity index (χ4n) is 1.21. The monoisotopic (exact) mass is 206 g/mol. The number of halogens is 1. The van der Waals surface area contributed by atoms with Crippen molar-refractivity contribution in [1.82, 2.24) is 9.78 Å². The minimum Gasteiger partial charge on any atom is -0.268 e. The molecular formula is C10H7FN2O2. The Balaban J connectivity index is 2.63. The first-order valence-corrected chi connectivity index (χ1v) is 4.25. The van der Waals surface area contributed by atoms with E-state index in [0.717, 1.165) is 16.8 Å². The van der Waals surface area contributed by atoms with Crippen molar-refractivity contribution in [3.8, 4) is 5.69 Å². The van der Waals surface area contributed by atoms with Gasteiger partial charge in [0.15, 0.2) is 0 Å². The van der Waals surface area contributed by atoms with Crippen LogP contribution in [0.15, 0.2) is 46.0 Å². The Bertz CT molecular complexity index is 583. The van der Waals surface area contributed by atoms with Gasteiger partial charge in [0.2, 0.25) is 0 Å². The molecular weight excluding hydrogens is 199 g/mol. The van der Waals surface area contributed by atoms with Crippen LogP contribution in [0.5, 0.6) is 0 Å². The molecule has 2 aromatic rings. The maximum atomic E-state index is 12.6. The summed E-state index contributed by atoms with van der Waals surface area (Å²) in [5.41, 5.74) is -0.348. The first-order chi connectivity index (χ1) is 7.16. The van der Waals surface area contributed by atoms with Crippen molar-refractivity contribution in [2.75, 3.05) is 0 Å². The Morgan fingerprint density at radius 3 is 2.33 bits per heavy atom. The minimum absolute atomic E-state index is 0.374. The Kier molecular flexibility index (Phi) is 2.21. The Labute approximate surface area is 83.6 Å². The molecule has 0 aliphatic heterocycles. The number of benzene rings is 1. The summed E-state index contributed by atoms with van der Waals surface area (Å²) in [5.74, 6) is -0.398. The van der Waals surface area contributed by atoms with Crippen LogP contribution in [-0.4, -0.2) is 9.78 Å². The number of nitrogens with zero attached hydrogens (tertiary/aromatic N) is 1. The average molecular weight is 206 g/mol. The highest BCUT2D eigenvalue weighted by Crippen LogP contribution is 2.03. The molecule has 0 amide bonds. The van der Waals surface area contributed by atoms with E-state index >= 15 is 0 Å².